The largest absolute Gasteiger partial charge is 0.481 e. The second-order valence-electron chi connectivity index (χ2n) is 9.97. The molecular formula is C26H29F2N3O6. The van der Waals surface area contributed by atoms with Gasteiger partial charge >= 0.3 is 12.6 Å². The van der Waals surface area contributed by atoms with E-state index in [2.05, 4.69) is 15.0 Å². The highest BCUT2D eigenvalue weighted by Gasteiger charge is 2.56. The minimum atomic E-state index is -3.13. The minimum absolute atomic E-state index is 0.00227. The zero-order valence-corrected chi connectivity index (χ0v) is 20.8. The number of rotatable bonds is 9. The van der Waals surface area contributed by atoms with Gasteiger partial charge < -0.3 is 24.8 Å². The molecule has 0 bridgehead atoms. The number of carbonyl (C=O) groups is 3. The lowest BCUT2D eigenvalue weighted by molar-refractivity contribution is -0.186. The molecule has 1 aromatic carbocycles. The Balaban J connectivity index is 1.64. The number of aryl methyl sites for hydroxylation is 1. The molecule has 2 fully saturated rings. The summed E-state index contributed by atoms with van der Waals surface area (Å²) < 4.78 is 35.5. The van der Waals surface area contributed by atoms with Crippen LogP contribution in [-0.4, -0.2) is 65.7 Å². The van der Waals surface area contributed by atoms with Gasteiger partial charge in [-0.15, -0.1) is 0 Å². The van der Waals surface area contributed by atoms with Crippen LogP contribution >= 0.6 is 0 Å². The number of halogens is 2. The Labute approximate surface area is 212 Å². The summed E-state index contributed by atoms with van der Waals surface area (Å²) >= 11 is 0. The lowest BCUT2D eigenvalue weighted by atomic mass is 9.69. The number of ether oxygens (including phenoxy) is 2. The molecule has 11 heteroatoms. The highest BCUT2D eigenvalue weighted by Crippen LogP contribution is 2.42. The molecule has 2 aromatic rings. The van der Waals surface area contributed by atoms with Crippen LogP contribution in [0.15, 0.2) is 36.4 Å². The number of aromatic nitrogens is 1. The molecule has 0 aliphatic carbocycles. The Morgan fingerprint density at radius 2 is 1.84 bits per heavy atom. The van der Waals surface area contributed by atoms with Crippen molar-refractivity contribution < 1.29 is 37.7 Å². The third-order valence-electron chi connectivity index (χ3n) is 6.96. The molecule has 1 aromatic heterocycles. The first-order chi connectivity index (χ1) is 17.5. The molecule has 2 N–H and O–H groups in total. The Kier molecular flexibility index (Phi) is 7.18. The second kappa shape index (κ2) is 10.0. The molecule has 0 saturated carbocycles. The third-order valence-corrected chi connectivity index (χ3v) is 6.96. The van der Waals surface area contributed by atoms with E-state index in [-0.39, 0.29) is 44.3 Å². The van der Waals surface area contributed by atoms with Crippen LogP contribution < -0.4 is 10.1 Å². The number of alkyl halides is 2. The van der Waals surface area contributed by atoms with Crippen molar-refractivity contribution in [1.82, 2.24) is 9.88 Å². The summed E-state index contributed by atoms with van der Waals surface area (Å²) in [5.74, 6) is -2.34. The predicted octanol–water partition coefficient (Wildman–Crippen LogP) is 3.32. The Bertz CT molecular complexity index is 1210. The van der Waals surface area contributed by atoms with Crippen molar-refractivity contribution in [2.24, 2.45) is 5.41 Å². The molecule has 0 atom stereocenters. The van der Waals surface area contributed by atoms with Gasteiger partial charge in [0.1, 0.15) is 16.5 Å². The second-order valence-corrected chi connectivity index (χ2v) is 9.97. The van der Waals surface area contributed by atoms with E-state index in [0.717, 1.165) is 5.56 Å². The summed E-state index contributed by atoms with van der Waals surface area (Å²) in [6.45, 7) is 2.36. The number of likely N-dealkylation sites (tertiary alicyclic amines) is 1. The van der Waals surface area contributed by atoms with Crippen LogP contribution in [0.4, 0.5) is 14.5 Å². The number of nitrogens with zero attached hydrogens (tertiary/aromatic N) is 2. The van der Waals surface area contributed by atoms with E-state index in [0.29, 0.717) is 11.3 Å². The van der Waals surface area contributed by atoms with Gasteiger partial charge in [-0.3, -0.25) is 14.4 Å². The molecular weight excluding hydrogens is 488 g/mol. The molecule has 0 spiro atoms. The van der Waals surface area contributed by atoms with Crippen LogP contribution in [-0.2, 0) is 24.5 Å². The lowest BCUT2D eigenvalue weighted by Gasteiger charge is -2.51. The van der Waals surface area contributed by atoms with Gasteiger partial charge in [0.15, 0.2) is 0 Å². The first-order valence-corrected chi connectivity index (χ1v) is 11.9. The molecule has 2 amide bonds. The number of amides is 2. The summed E-state index contributed by atoms with van der Waals surface area (Å²) in [5.41, 5.74) is -0.411. The van der Waals surface area contributed by atoms with Crippen LogP contribution in [0.5, 0.6) is 5.88 Å². The number of carboxylic acids is 1. The van der Waals surface area contributed by atoms with Crippen LogP contribution in [0, 0.1) is 12.3 Å². The zero-order valence-electron chi connectivity index (χ0n) is 20.8. The predicted molar refractivity (Wildman–Crippen MR) is 129 cm³/mol. The van der Waals surface area contributed by atoms with Gasteiger partial charge in [-0.25, -0.2) is 4.98 Å². The summed E-state index contributed by atoms with van der Waals surface area (Å²) in [7, 11) is 0. The number of benzene rings is 1. The van der Waals surface area contributed by atoms with Crippen molar-refractivity contribution in [2.75, 3.05) is 31.6 Å². The number of aliphatic carboxylic acids is 1. The molecule has 3 heterocycles. The van der Waals surface area contributed by atoms with Gasteiger partial charge in [0.2, 0.25) is 17.7 Å². The van der Waals surface area contributed by atoms with Gasteiger partial charge in [0, 0.05) is 25.2 Å². The fourth-order valence-corrected chi connectivity index (χ4v) is 4.75. The standard InChI is InChI=1S/C26H29F2N3O6/c1-15(2)17-6-4-5-7-18(17)26(11-31(12-26)20(32)10-25(23(34)35)13-36-14-25)22(33)30-19-9-8-16(3)29-21(19)37-24(27)28/h4-9,15,24H,10-14H2,1-3H3,(H,30,33)(H,34,35). The van der Waals surface area contributed by atoms with Gasteiger partial charge in [0.05, 0.1) is 13.2 Å². The van der Waals surface area contributed by atoms with Crippen LogP contribution in [0.2, 0.25) is 0 Å². The smallest absolute Gasteiger partial charge is 0.388 e. The number of pyridine rings is 1. The van der Waals surface area contributed by atoms with E-state index in [1.807, 2.05) is 32.0 Å². The number of carboxylic acid groups (broad SMARTS) is 1. The van der Waals surface area contributed by atoms with Crippen LogP contribution in [0.25, 0.3) is 0 Å². The van der Waals surface area contributed by atoms with Gasteiger partial charge in [-0.2, -0.15) is 8.78 Å². The maximum absolute atomic E-state index is 13.8. The topological polar surface area (TPSA) is 118 Å². The highest BCUT2D eigenvalue weighted by molar-refractivity contribution is 6.03. The number of hydrogen-bond donors (Lipinski definition) is 2. The maximum Gasteiger partial charge on any atom is 0.388 e. The fraction of sp³-hybridized carbons (Fsp3) is 0.462. The summed E-state index contributed by atoms with van der Waals surface area (Å²) in [6, 6.07) is 10.4. The molecule has 198 valence electrons. The van der Waals surface area contributed by atoms with E-state index in [1.165, 1.54) is 11.0 Å². The van der Waals surface area contributed by atoms with Crippen LogP contribution in [0.1, 0.15) is 43.0 Å². The van der Waals surface area contributed by atoms with E-state index < -0.39 is 41.1 Å². The summed E-state index contributed by atoms with van der Waals surface area (Å²) in [6.07, 6.45) is -0.236. The molecule has 2 aliphatic rings. The maximum atomic E-state index is 13.8. The normalized spacial score (nSPS) is 17.6. The quantitative estimate of drug-likeness (QED) is 0.524. The highest BCUT2D eigenvalue weighted by atomic mass is 19.3. The van der Waals surface area contributed by atoms with Crippen molar-refractivity contribution in [1.29, 1.82) is 0 Å². The first-order valence-electron chi connectivity index (χ1n) is 11.9. The van der Waals surface area contributed by atoms with Gasteiger partial charge in [-0.05, 0) is 36.1 Å². The number of hydrogen-bond acceptors (Lipinski definition) is 6. The average Bonchev–Trinajstić information content (AvgIpc) is 2.77. The van der Waals surface area contributed by atoms with Crippen molar-refractivity contribution in [3.63, 3.8) is 0 Å². The van der Waals surface area contributed by atoms with E-state index in [9.17, 15) is 28.3 Å². The SMILES string of the molecule is Cc1ccc(NC(=O)C2(c3ccccc3C(C)C)CN(C(=O)CC3(C(=O)O)COC3)C2)c(OC(F)F)n1. The molecule has 9 nitrogen and oxygen atoms in total. The lowest BCUT2D eigenvalue weighted by Crippen LogP contribution is -2.67. The van der Waals surface area contributed by atoms with Crippen molar-refractivity contribution in [2.45, 2.75) is 45.1 Å². The number of carbonyl (C=O) groups excluding carboxylic acids is 2. The van der Waals surface area contributed by atoms with Crippen molar-refractivity contribution >= 4 is 23.5 Å². The summed E-state index contributed by atoms with van der Waals surface area (Å²) in [5, 5.41) is 12.2. The molecule has 0 radical (unpaired) electrons. The number of anilines is 1. The van der Waals surface area contributed by atoms with Crippen molar-refractivity contribution in [3.05, 3.63) is 53.2 Å². The summed E-state index contributed by atoms with van der Waals surface area (Å²) in [4.78, 5) is 44.0. The molecule has 4 rings (SSSR count). The fourth-order valence-electron chi connectivity index (χ4n) is 4.75. The molecule has 0 unspecified atom stereocenters. The van der Waals surface area contributed by atoms with Crippen LogP contribution in [0.3, 0.4) is 0 Å². The Morgan fingerprint density at radius 1 is 1.16 bits per heavy atom. The number of nitrogens with one attached hydrogen (secondary N) is 1. The molecule has 2 saturated heterocycles. The Hall–Kier alpha value is -3.60. The Morgan fingerprint density at radius 3 is 2.41 bits per heavy atom. The third kappa shape index (κ3) is 5.00. The average molecular weight is 518 g/mol. The van der Waals surface area contributed by atoms with E-state index in [4.69, 9.17) is 4.74 Å². The monoisotopic (exact) mass is 517 g/mol. The zero-order chi connectivity index (χ0) is 27.0. The minimum Gasteiger partial charge on any atom is -0.481 e. The van der Waals surface area contributed by atoms with E-state index >= 15 is 0 Å². The van der Waals surface area contributed by atoms with Gasteiger partial charge in [-0.1, -0.05) is 38.1 Å². The van der Waals surface area contributed by atoms with Crippen molar-refractivity contribution in [3.8, 4) is 5.88 Å². The van der Waals surface area contributed by atoms with E-state index in [1.54, 1.807) is 19.1 Å². The first kappa shape index (κ1) is 26.5. The molecule has 37 heavy (non-hydrogen) atoms. The van der Waals surface area contributed by atoms with Gasteiger partial charge in [0.25, 0.3) is 0 Å². The molecule has 2 aliphatic heterocycles.